The van der Waals surface area contributed by atoms with Gasteiger partial charge in [-0.05, 0) is 70.9 Å². The lowest BCUT2D eigenvalue weighted by Gasteiger charge is -2.16. The second kappa shape index (κ2) is 12.1. The minimum Gasteiger partial charge on any atom is -0.497 e. The average Bonchev–Trinajstić information content (AvgIpc) is 3.21. The predicted molar refractivity (Wildman–Crippen MR) is 143 cm³/mol. The van der Waals surface area contributed by atoms with Gasteiger partial charge in [-0.3, -0.25) is 14.7 Å². The molecule has 9 heteroatoms. The molecule has 0 bridgehead atoms. The highest BCUT2D eigenvalue weighted by Gasteiger charge is 2.33. The lowest BCUT2D eigenvalue weighted by molar-refractivity contribution is -0.139. The first-order chi connectivity index (χ1) is 17.9. The van der Waals surface area contributed by atoms with E-state index in [1.54, 1.807) is 49.5 Å². The summed E-state index contributed by atoms with van der Waals surface area (Å²) in [7, 11) is 3.24. The number of methoxy groups -OCH3 is 2. The molecule has 1 fully saturated rings. The molecule has 1 aliphatic rings. The first kappa shape index (κ1) is 25.8. The number of carboxylic acids is 1. The molecule has 0 saturated carbocycles. The number of aliphatic imine (C=N–C) groups is 1. The number of rotatable bonds is 10. The van der Waals surface area contributed by atoms with Gasteiger partial charge in [0.25, 0.3) is 5.91 Å². The number of carbonyl (C=O) groups is 2. The highest BCUT2D eigenvalue weighted by Crippen LogP contribution is 2.34. The summed E-state index contributed by atoms with van der Waals surface area (Å²) in [5.74, 6) is 0.777. The highest BCUT2D eigenvalue weighted by molar-refractivity contribution is 8.18. The number of amides is 1. The van der Waals surface area contributed by atoms with Crippen molar-refractivity contribution < 1.29 is 28.9 Å². The Hall–Kier alpha value is -4.24. The van der Waals surface area contributed by atoms with Crippen molar-refractivity contribution in [3.8, 4) is 17.2 Å². The normalized spacial score (nSPS) is 15.3. The van der Waals surface area contributed by atoms with Gasteiger partial charge in [0.05, 0.1) is 32.2 Å². The smallest absolute Gasteiger partial charge is 0.341 e. The molecule has 1 aliphatic heterocycles. The zero-order chi connectivity index (χ0) is 26.2. The van der Waals surface area contributed by atoms with Crippen molar-refractivity contribution in [1.29, 1.82) is 0 Å². The number of thioether (sulfide) groups is 1. The third-order valence-electron chi connectivity index (χ3n) is 5.48. The number of carbonyl (C=O) groups excluding carboxylic acids is 1. The lowest BCUT2D eigenvalue weighted by atomic mass is 10.2. The number of ether oxygens (including phenoxy) is 3. The Bertz CT molecular complexity index is 1300. The van der Waals surface area contributed by atoms with Crippen molar-refractivity contribution in [2.45, 2.75) is 13.1 Å². The van der Waals surface area contributed by atoms with Gasteiger partial charge in [0.15, 0.2) is 11.8 Å². The van der Waals surface area contributed by atoms with Crippen LogP contribution in [0.15, 0.2) is 82.7 Å². The summed E-state index contributed by atoms with van der Waals surface area (Å²) in [5, 5.41) is 9.38. The summed E-state index contributed by atoms with van der Waals surface area (Å²) in [6.45, 7) is 0.376. The number of hydrogen-bond acceptors (Lipinski definition) is 7. The van der Waals surface area contributed by atoms with E-state index in [0.29, 0.717) is 28.9 Å². The van der Waals surface area contributed by atoms with Gasteiger partial charge in [-0.25, -0.2) is 4.79 Å². The van der Waals surface area contributed by atoms with Crippen LogP contribution in [-0.2, 0) is 22.7 Å². The van der Waals surface area contributed by atoms with Crippen molar-refractivity contribution in [3.05, 3.63) is 94.4 Å². The third-order valence-corrected chi connectivity index (χ3v) is 6.53. The van der Waals surface area contributed by atoms with E-state index in [0.717, 1.165) is 28.2 Å². The Morgan fingerprint density at radius 1 is 0.892 bits per heavy atom. The van der Waals surface area contributed by atoms with Gasteiger partial charge < -0.3 is 19.3 Å². The molecule has 1 heterocycles. The van der Waals surface area contributed by atoms with Crippen LogP contribution in [0.25, 0.3) is 6.08 Å². The fourth-order valence-corrected chi connectivity index (χ4v) is 4.50. The van der Waals surface area contributed by atoms with Crippen molar-refractivity contribution >= 4 is 34.9 Å². The van der Waals surface area contributed by atoms with E-state index in [4.69, 9.17) is 24.3 Å². The standard InChI is InChI=1S/C28H26N2O6S/c1-34-22-9-5-20(6-10-22)16-29-28-30(17-21-7-11-23(35-2)12-8-21)27(33)25(37-28)15-19-3-13-24(14-4-19)36-18-26(31)32/h3-15H,16-18H2,1-2H3,(H,31,32)/b25-15-,29-28?. The Morgan fingerprint density at radius 3 is 2.03 bits per heavy atom. The van der Waals surface area contributed by atoms with Crippen LogP contribution in [-0.4, -0.2) is 47.9 Å². The molecular formula is C28H26N2O6S. The van der Waals surface area contributed by atoms with E-state index in [-0.39, 0.29) is 5.91 Å². The zero-order valence-electron chi connectivity index (χ0n) is 20.4. The minimum atomic E-state index is -1.04. The number of carboxylic acid groups (broad SMARTS) is 1. The lowest BCUT2D eigenvalue weighted by Crippen LogP contribution is -2.28. The topological polar surface area (TPSA) is 97.7 Å². The van der Waals surface area contributed by atoms with Crippen molar-refractivity contribution in [1.82, 2.24) is 4.90 Å². The van der Waals surface area contributed by atoms with E-state index >= 15 is 0 Å². The van der Waals surface area contributed by atoms with E-state index in [1.165, 1.54) is 11.8 Å². The van der Waals surface area contributed by atoms with Crippen LogP contribution in [0.5, 0.6) is 17.2 Å². The molecule has 190 valence electrons. The van der Waals surface area contributed by atoms with Gasteiger partial charge in [-0.15, -0.1) is 0 Å². The largest absolute Gasteiger partial charge is 0.497 e. The first-order valence-electron chi connectivity index (χ1n) is 11.4. The Balaban J connectivity index is 1.56. The van der Waals surface area contributed by atoms with Crippen LogP contribution in [0.4, 0.5) is 0 Å². The molecule has 0 aromatic heterocycles. The SMILES string of the molecule is COc1ccc(CN=C2S/C(=C\c3ccc(OCC(=O)O)cc3)C(=O)N2Cc2ccc(OC)cc2)cc1. The maximum absolute atomic E-state index is 13.4. The molecule has 4 rings (SSSR count). The van der Waals surface area contributed by atoms with Gasteiger partial charge >= 0.3 is 5.97 Å². The minimum absolute atomic E-state index is 0.138. The van der Waals surface area contributed by atoms with Crippen molar-refractivity contribution in [2.24, 2.45) is 4.99 Å². The van der Waals surface area contributed by atoms with Gasteiger partial charge in [0.2, 0.25) is 0 Å². The maximum atomic E-state index is 13.4. The number of amidine groups is 1. The predicted octanol–water partition coefficient (Wildman–Crippen LogP) is 4.84. The summed E-state index contributed by atoms with van der Waals surface area (Å²) >= 11 is 1.32. The van der Waals surface area contributed by atoms with Crippen molar-refractivity contribution in [3.63, 3.8) is 0 Å². The van der Waals surface area contributed by atoms with Crippen molar-refractivity contribution in [2.75, 3.05) is 20.8 Å². The summed E-state index contributed by atoms with van der Waals surface area (Å²) in [4.78, 5) is 31.1. The quantitative estimate of drug-likeness (QED) is 0.384. The molecule has 0 atom stereocenters. The molecule has 0 radical (unpaired) electrons. The van der Waals surface area contributed by atoms with Crippen LogP contribution in [0.1, 0.15) is 16.7 Å². The number of hydrogen-bond donors (Lipinski definition) is 1. The summed E-state index contributed by atoms with van der Waals surface area (Å²) < 4.78 is 15.6. The number of aliphatic carboxylic acids is 1. The van der Waals surface area contributed by atoms with E-state index in [2.05, 4.69) is 0 Å². The molecule has 37 heavy (non-hydrogen) atoms. The van der Waals surface area contributed by atoms with Gasteiger partial charge in [0, 0.05) is 0 Å². The Labute approximate surface area is 219 Å². The first-order valence-corrected chi connectivity index (χ1v) is 12.2. The molecule has 0 aliphatic carbocycles. The second-order valence-electron chi connectivity index (χ2n) is 8.05. The highest BCUT2D eigenvalue weighted by atomic mass is 32.2. The van der Waals surface area contributed by atoms with Crippen LogP contribution in [0.2, 0.25) is 0 Å². The summed E-state index contributed by atoms with van der Waals surface area (Å²) in [6.07, 6.45) is 1.80. The summed E-state index contributed by atoms with van der Waals surface area (Å²) in [5.41, 5.74) is 2.74. The van der Waals surface area contributed by atoms with Crippen LogP contribution in [0, 0.1) is 0 Å². The molecule has 8 nitrogen and oxygen atoms in total. The van der Waals surface area contributed by atoms with E-state index in [1.807, 2.05) is 48.5 Å². The van der Waals surface area contributed by atoms with E-state index < -0.39 is 12.6 Å². The van der Waals surface area contributed by atoms with Gasteiger partial charge in [0.1, 0.15) is 17.2 Å². The molecule has 0 spiro atoms. The number of benzene rings is 3. The monoisotopic (exact) mass is 518 g/mol. The van der Waals surface area contributed by atoms with Crippen LogP contribution < -0.4 is 14.2 Å². The molecule has 3 aromatic rings. The maximum Gasteiger partial charge on any atom is 0.341 e. The van der Waals surface area contributed by atoms with E-state index in [9.17, 15) is 9.59 Å². The zero-order valence-corrected chi connectivity index (χ0v) is 21.2. The molecule has 0 unspecified atom stereocenters. The molecule has 1 saturated heterocycles. The molecular weight excluding hydrogens is 492 g/mol. The van der Waals surface area contributed by atoms with Crippen LogP contribution in [0.3, 0.4) is 0 Å². The second-order valence-corrected chi connectivity index (χ2v) is 9.06. The third kappa shape index (κ3) is 6.92. The average molecular weight is 519 g/mol. The molecule has 1 N–H and O–H groups in total. The fraction of sp³-hybridized carbons (Fsp3) is 0.179. The fourth-order valence-electron chi connectivity index (χ4n) is 3.53. The van der Waals surface area contributed by atoms with Crippen LogP contribution >= 0.6 is 11.8 Å². The Kier molecular flexibility index (Phi) is 8.48. The Morgan fingerprint density at radius 2 is 1.46 bits per heavy atom. The van der Waals surface area contributed by atoms with Gasteiger partial charge in [-0.1, -0.05) is 36.4 Å². The molecule has 3 aromatic carbocycles. The van der Waals surface area contributed by atoms with Gasteiger partial charge in [-0.2, -0.15) is 0 Å². The summed E-state index contributed by atoms with van der Waals surface area (Å²) in [6, 6.07) is 22.1. The molecule has 1 amide bonds. The number of nitrogens with zero attached hydrogens (tertiary/aromatic N) is 2.